The second kappa shape index (κ2) is 5.44. The molecule has 0 bridgehead atoms. The summed E-state index contributed by atoms with van der Waals surface area (Å²) < 4.78 is 0. The highest BCUT2D eigenvalue weighted by molar-refractivity contribution is 5.56. The van der Waals surface area contributed by atoms with Gasteiger partial charge in [0.05, 0.1) is 5.56 Å². The average Bonchev–Trinajstić information content (AvgIpc) is 2.47. The van der Waals surface area contributed by atoms with Crippen molar-refractivity contribution in [3.8, 4) is 6.07 Å². The molecule has 2 aliphatic carbocycles. The van der Waals surface area contributed by atoms with Gasteiger partial charge in [-0.15, -0.1) is 0 Å². The maximum atomic E-state index is 9.40. The summed E-state index contributed by atoms with van der Waals surface area (Å²) in [6.45, 7) is 2.27. The van der Waals surface area contributed by atoms with Crippen molar-refractivity contribution in [3.05, 3.63) is 22.9 Å². The zero-order valence-corrected chi connectivity index (χ0v) is 12.3. The minimum absolute atomic E-state index is 0.111. The Hall–Kier alpha value is -1.56. The van der Waals surface area contributed by atoms with Gasteiger partial charge in [-0.25, -0.2) is 4.98 Å². The highest BCUT2D eigenvalue weighted by Crippen LogP contribution is 2.33. The third kappa shape index (κ3) is 2.65. The topological polar surface area (TPSA) is 48.7 Å². The summed E-state index contributed by atoms with van der Waals surface area (Å²) in [4.78, 5) is 4.79. The highest BCUT2D eigenvalue weighted by atomic mass is 15.1. The molecule has 0 amide bonds. The molecule has 1 saturated carbocycles. The van der Waals surface area contributed by atoms with Gasteiger partial charge in [-0.3, -0.25) is 0 Å². The van der Waals surface area contributed by atoms with Gasteiger partial charge in [-0.1, -0.05) is 19.3 Å². The van der Waals surface area contributed by atoms with E-state index in [9.17, 15) is 5.26 Å². The Bertz CT molecular complexity index is 536. The fourth-order valence-electron chi connectivity index (χ4n) is 3.56. The van der Waals surface area contributed by atoms with Crippen LogP contribution in [0.3, 0.4) is 0 Å². The molecule has 0 saturated heterocycles. The van der Waals surface area contributed by atoms with Crippen molar-refractivity contribution in [2.45, 2.75) is 70.3 Å². The van der Waals surface area contributed by atoms with Crippen molar-refractivity contribution in [2.24, 2.45) is 0 Å². The summed E-state index contributed by atoms with van der Waals surface area (Å²) in [5.74, 6) is 0.817. The molecule has 1 N–H and O–H groups in total. The third-order valence-corrected chi connectivity index (χ3v) is 4.80. The molecule has 3 heteroatoms. The molecule has 3 nitrogen and oxygen atoms in total. The lowest BCUT2D eigenvalue weighted by Crippen LogP contribution is -2.37. The second-order valence-corrected chi connectivity index (χ2v) is 6.56. The first kappa shape index (κ1) is 13.4. The van der Waals surface area contributed by atoms with E-state index in [0.717, 1.165) is 24.2 Å². The normalized spacial score (nSPS) is 20.8. The number of aryl methyl sites for hydroxylation is 2. The summed E-state index contributed by atoms with van der Waals surface area (Å²) in [7, 11) is 0. The van der Waals surface area contributed by atoms with Crippen LogP contribution < -0.4 is 5.32 Å². The number of rotatable bonds is 2. The van der Waals surface area contributed by atoms with E-state index < -0.39 is 0 Å². The Labute approximate surface area is 121 Å². The Balaban J connectivity index is 1.90. The van der Waals surface area contributed by atoms with Gasteiger partial charge < -0.3 is 5.32 Å². The molecule has 0 atom stereocenters. The smallest absolute Gasteiger partial charge is 0.144 e. The van der Waals surface area contributed by atoms with Gasteiger partial charge in [0.25, 0.3) is 0 Å². The molecule has 1 heterocycles. The summed E-state index contributed by atoms with van der Waals surface area (Å²) in [6.07, 6.45) is 10.8. The fraction of sp³-hybridized carbons (Fsp3) is 0.647. The van der Waals surface area contributed by atoms with Gasteiger partial charge in [0.1, 0.15) is 11.9 Å². The molecule has 106 valence electrons. The third-order valence-electron chi connectivity index (χ3n) is 4.80. The zero-order chi connectivity index (χ0) is 14.0. The van der Waals surface area contributed by atoms with Crippen LogP contribution >= 0.6 is 0 Å². The molecule has 1 aromatic heterocycles. The first-order chi connectivity index (χ1) is 9.70. The van der Waals surface area contributed by atoms with Crippen LogP contribution in [0.1, 0.15) is 68.7 Å². The number of nitrogens with one attached hydrogen (secondary N) is 1. The number of fused-ring (bicyclic) bond motifs is 1. The van der Waals surface area contributed by atoms with E-state index in [1.807, 2.05) is 0 Å². The van der Waals surface area contributed by atoms with Crippen LogP contribution in [0.2, 0.25) is 0 Å². The number of hydrogen-bond donors (Lipinski definition) is 1. The Morgan fingerprint density at radius 3 is 2.65 bits per heavy atom. The van der Waals surface area contributed by atoms with Crippen LogP contribution in [0.4, 0.5) is 5.82 Å². The van der Waals surface area contributed by atoms with E-state index in [-0.39, 0.29) is 5.54 Å². The van der Waals surface area contributed by atoms with Crippen LogP contribution in [0.15, 0.2) is 6.07 Å². The molecule has 0 aromatic carbocycles. The number of anilines is 1. The maximum Gasteiger partial charge on any atom is 0.144 e. The molecule has 3 rings (SSSR count). The van der Waals surface area contributed by atoms with Crippen molar-refractivity contribution in [2.75, 3.05) is 5.32 Å². The van der Waals surface area contributed by atoms with E-state index in [0.29, 0.717) is 0 Å². The molecule has 20 heavy (non-hydrogen) atoms. The molecular formula is C17H23N3. The van der Waals surface area contributed by atoms with Crippen molar-refractivity contribution in [1.29, 1.82) is 5.26 Å². The number of aromatic nitrogens is 1. The molecule has 1 aromatic rings. The lowest BCUT2D eigenvalue weighted by atomic mass is 9.83. The minimum atomic E-state index is 0.111. The highest BCUT2D eigenvalue weighted by Gasteiger charge is 2.28. The van der Waals surface area contributed by atoms with E-state index in [1.165, 1.54) is 56.2 Å². The van der Waals surface area contributed by atoms with Gasteiger partial charge >= 0.3 is 0 Å². The van der Waals surface area contributed by atoms with Crippen LogP contribution in [0.5, 0.6) is 0 Å². The van der Waals surface area contributed by atoms with Crippen LogP contribution in [-0.2, 0) is 12.8 Å². The van der Waals surface area contributed by atoms with Crippen molar-refractivity contribution in [3.63, 3.8) is 0 Å². The van der Waals surface area contributed by atoms with Crippen molar-refractivity contribution >= 4 is 5.82 Å². The minimum Gasteiger partial charge on any atom is -0.364 e. The predicted octanol–water partition coefficient (Wildman–Crippen LogP) is 3.97. The average molecular weight is 269 g/mol. The molecule has 0 spiro atoms. The van der Waals surface area contributed by atoms with Crippen LogP contribution in [0, 0.1) is 11.3 Å². The predicted molar refractivity (Wildman–Crippen MR) is 80.7 cm³/mol. The Kier molecular flexibility index (Phi) is 3.65. The Morgan fingerprint density at radius 2 is 1.90 bits per heavy atom. The van der Waals surface area contributed by atoms with Crippen molar-refractivity contribution in [1.82, 2.24) is 4.98 Å². The van der Waals surface area contributed by atoms with Gasteiger partial charge in [0, 0.05) is 11.2 Å². The van der Waals surface area contributed by atoms with E-state index in [2.05, 4.69) is 24.4 Å². The second-order valence-electron chi connectivity index (χ2n) is 6.56. The van der Waals surface area contributed by atoms with E-state index in [4.69, 9.17) is 4.98 Å². The number of nitriles is 1. The summed E-state index contributed by atoms with van der Waals surface area (Å²) >= 11 is 0. The SMILES string of the molecule is CC1(Nc2nc3c(cc2C#N)CCCC3)CCCCC1. The first-order valence-corrected chi connectivity index (χ1v) is 7.91. The van der Waals surface area contributed by atoms with E-state index >= 15 is 0 Å². The van der Waals surface area contributed by atoms with Crippen LogP contribution in [-0.4, -0.2) is 10.5 Å². The number of nitrogens with zero attached hydrogens (tertiary/aromatic N) is 2. The molecular weight excluding hydrogens is 246 g/mol. The maximum absolute atomic E-state index is 9.40. The summed E-state index contributed by atoms with van der Waals surface area (Å²) in [5.41, 5.74) is 3.32. The summed E-state index contributed by atoms with van der Waals surface area (Å²) in [6, 6.07) is 4.39. The quantitative estimate of drug-likeness (QED) is 0.883. The van der Waals surface area contributed by atoms with Crippen molar-refractivity contribution < 1.29 is 0 Å². The number of pyridine rings is 1. The molecule has 1 fully saturated rings. The van der Waals surface area contributed by atoms with Crippen LogP contribution in [0.25, 0.3) is 0 Å². The number of hydrogen-bond acceptors (Lipinski definition) is 3. The fourth-order valence-corrected chi connectivity index (χ4v) is 3.56. The Morgan fingerprint density at radius 1 is 1.15 bits per heavy atom. The zero-order valence-electron chi connectivity index (χ0n) is 12.3. The van der Waals surface area contributed by atoms with Gasteiger partial charge in [-0.2, -0.15) is 5.26 Å². The summed E-state index contributed by atoms with van der Waals surface area (Å²) in [5, 5.41) is 13.0. The molecule has 0 unspecified atom stereocenters. The first-order valence-electron chi connectivity index (χ1n) is 7.91. The van der Waals surface area contributed by atoms with Gasteiger partial charge in [0.15, 0.2) is 0 Å². The van der Waals surface area contributed by atoms with Gasteiger partial charge in [0.2, 0.25) is 0 Å². The van der Waals surface area contributed by atoms with Gasteiger partial charge in [-0.05, 0) is 57.1 Å². The van der Waals surface area contributed by atoms with E-state index in [1.54, 1.807) is 0 Å². The molecule has 2 aliphatic rings. The lowest BCUT2D eigenvalue weighted by Gasteiger charge is -2.35. The molecule has 0 radical (unpaired) electrons. The largest absolute Gasteiger partial charge is 0.364 e. The molecule has 0 aliphatic heterocycles. The lowest BCUT2D eigenvalue weighted by molar-refractivity contribution is 0.348. The monoisotopic (exact) mass is 269 g/mol. The standard InChI is InChI=1S/C17H23N3/c1-17(9-5-2-6-10-17)20-16-14(12-18)11-13-7-3-4-8-15(13)19-16/h11H,2-10H2,1H3,(H,19,20).